The first-order valence-corrected chi connectivity index (χ1v) is 10.2. The number of alkyl halides is 3. The highest BCUT2D eigenvalue weighted by atomic mass is 19.4. The zero-order valence-corrected chi connectivity index (χ0v) is 16.7. The van der Waals surface area contributed by atoms with E-state index in [2.05, 4.69) is 4.90 Å². The van der Waals surface area contributed by atoms with Gasteiger partial charge in [0.1, 0.15) is 0 Å². The van der Waals surface area contributed by atoms with Gasteiger partial charge in [0, 0.05) is 38.2 Å². The number of likely N-dealkylation sites (tertiary alicyclic amines) is 1. The van der Waals surface area contributed by atoms with Gasteiger partial charge in [-0.3, -0.25) is 14.5 Å². The number of aliphatic carboxylic acids is 1. The number of ether oxygens (including phenoxy) is 1. The van der Waals surface area contributed by atoms with Gasteiger partial charge in [0.05, 0.1) is 18.8 Å². The molecule has 1 N–H and O–H groups in total. The number of carbonyl (C=O) groups is 2. The molecule has 6 nitrogen and oxygen atoms in total. The molecule has 0 bridgehead atoms. The lowest BCUT2D eigenvalue weighted by molar-refractivity contribution is -0.139. The van der Waals surface area contributed by atoms with Crippen molar-refractivity contribution in [2.24, 2.45) is 11.8 Å². The first-order valence-electron chi connectivity index (χ1n) is 10.2. The number of morpholine rings is 1. The normalized spacial score (nSPS) is 23.4. The maximum atomic E-state index is 12.8. The summed E-state index contributed by atoms with van der Waals surface area (Å²) in [5, 5.41) is 9.25. The van der Waals surface area contributed by atoms with Crippen LogP contribution in [0.5, 0.6) is 0 Å². The smallest absolute Gasteiger partial charge is 0.416 e. The van der Waals surface area contributed by atoms with Gasteiger partial charge in [0.15, 0.2) is 0 Å². The molecule has 166 valence electrons. The number of rotatable bonds is 6. The molecule has 0 aliphatic carbocycles. The van der Waals surface area contributed by atoms with Crippen molar-refractivity contribution in [1.29, 1.82) is 0 Å². The SMILES string of the molecule is O=C(O)CC1CCN(C(=O)c2ccc(C(F)(F)F)cc2)CC1CCN1CCOCC1. The van der Waals surface area contributed by atoms with Crippen LogP contribution in [0.25, 0.3) is 0 Å². The third kappa shape index (κ3) is 5.95. The Kier molecular flexibility index (Phi) is 7.36. The van der Waals surface area contributed by atoms with Crippen LogP contribution >= 0.6 is 0 Å². The Morgan fingerprint density at radius 3 is 2.33 bits per heavy atom. The molecule has 2 aliphatic rings. The van der Waals surface area contributed by atoms with Gasteiger partial charge < -0.3 is 14.7 Å². The van der Waals surface area contributed by atoms with Gasteiger partial charge in [-0.05, 0) is 55.5 Å². The van der Waals surface area contributed by atoms with Crippen LogP contribution in [0.15, 0.2) is 24.3 Å². The number of carboxylic acids is 1. The van der Waals surface area contributed by atoms with Crippen LogP contribution in [0.2, 0.25) is 0 Å². The van der Waals surface area contributed by atoms with E-state index in [0.29, 0.717) is 32.7 Å². The predicted molar refractivity (Wildman–Crippen MR) is 103 cm³/mol. The minimum atomic E-state index is -4.44. The highest BCUT2D eigenvalue weighted by Gasteiger charge is 2.34. The van der Waals surface area contributed by atoms with E-state index in [1.165, 1.54) is 12.1 Å². The van der Waals surface area contributed by atoms with E-state index in [1.807, 2.05) is 0 Å². The number of amides is 1. The van der Waals surface area contributed by atoms with E-state index >= 15 is 0 Å². The molecule has 9 heteroatoms. The zero-order chi connectivity index (χ0) is 21.7. The lowest BCUT2D eigenvalue weighted by Gasteiger charge is -2.39. The molecule has 0 saturated carbocycles. The third-order valence-corrected chi connectivity index (χ3v) is 5.99. The minimum absolute atomic E-state index is 0.0137. The number of halogens is 3. The van der Waals surface area contributed by atoms with Crippen molar-refractivity contribution in [3.63, 3.8) is 0 Å². The van der Waals surface area contributed by atoms with Gasteiger partial charge in [-0.1, -0.05) is 0 Å². The Labute approximate surface area is 173 Å². The largest absolute Gasteiger partial charge is 0.481 e. The van der Waals surface area contributed by atoms with Crippen LogP contribution in [0.1, 0.15) is 35.2 Å². The summed E-state index contributed by atoms with van der Waals surface area (Å²) in [6.45, 7) is 4.68. The van der Waals surface area contributed by atoms with Crippen LogP contribution in [-0.4, -0.2) is 72.7 Å². The molecule has 1 aromatic carbocycles. The summed E-state index contributed by atoms with van der Waals surface area (Å²) in [7, 11) is 0. The van der Waals surface area contributed by atoms with Gasteiger partial charge in [-0.25, -0.2) is 0 Å². The second kappa shape index (κ2) is 9.78. The lowest BCUT2D eigenvalue weighted by atomic mass is 9.81. The number of piperidine rings is 1. The van der Waals surface area contributed by atoms with Gasteiger partial charge >= 0.3 is 12.1 Å². The Bertz CT molecular complexity index is 733. The number of hydrogen-bond donors (Lipinski definition) is 1. The van der Waals surface area contributed by atoms with Crippen molar-refractivity contribution < 1.29 is 32.6 Å². The number of carbonyl (C=O) groups excluding carboxylic acids is 1. The van der Waals surface area contributed by atoms with Gasteiger partial charge in [-0.2, -0.15) is 13.2 Å². The van der Waals surface area contributed by atoms with E-state index in [-0.39, 0.29) is 29.7 Å². The summed E-state index contributed by atoms with van der Waals surface area (Å²) in [6, 6.07) is 4.25. The Morgan fingerprint density at radius 2 is 1.73 bits per heavy atom. The van der Waals surface area contributed by atoms with Crippen LogP contribution in [0, 0.1) is 11.8 Å². The molecule has 0 aromatic heterocycles. The van der Waals surface area contributed by atoms with Gasteiger partial charge in [0.25, 0.3) is 5.91 Å². The summed E-state index contributed by atoms with van der Waals surface area (Å²) in [5.74, 6) is -1.14. The second-order valence-electron chi connectivity index (χ2n) is 7.98. The summed E-state index contributed by atoms with van der Waals surface area (Å²) < 4.78 is 43.6. The molecule has 30 heavy (non-hydrogen) atoms. The zero-order valence-electron chi connectivity index (χ0n) is 16.7. The van der Waals surface area contributed by atoms with Crippen LogP contribution in [-0.2, 0) is 15.7 Å². The van der Waals surface area contributed by atoms with E-state index < -0.39 is 17.7 Å². The van der Waals surface area contributed by atoms with Crippen molar-refractivity contribution in [1.82, 2.24) is 9.80 Å². The summed E-state index contributed by atoms with van der Waals surface area (Å²) >= 11 is 0. The van der Waals surface area contributed by atoms with Gasteiger partial charge in [-0.15, -0.1) is 0 Å². The lowest BCUT2D eigenvalue weighted by Crippen LogP contribution is -2.46. The molecular formula is C21H27F3N2O4. The molecule has 2 aliphatic heterocycles. The average molecular weight is 428 g/mol. The van der Waals surface area contributed by atoms with E-state index in [4.69, 9.17) is 4.74 Å². The third-order valence-electron chi connectivity index (χ3n) is 5.99. The molecule has 1 aromatic rings. The molecule has 1 amide bonds. The molecule has 0 radical (unpaired) electrons. The van der Waals surface area contributed by atoms with Crippen LogP contribution < -0.4 is 0 Å². The fourth-order valence-electron chi connectivity index (χ4n) is 4.24. The Balaban J connectivity index is 1.65. The first-order chi connectivity index (χ1) is 14.2. The van der Waals surface area contributed by atoms with Crippen molar-refractivity contribution in [2.45, 2.75) is 25.4 Å². The maximum absolute atomic E-state index is 12.8. The summed E-state index contributed by atoms with van der Waals surface area (Å²) in [4.78, 5) is 28.0. The van der Waals surface area contributed by atoms with E-state index in [1.54, 1.807) is 4.90 Å². The number of benzene rings is 1. The highest BCUT2D eigenvalue weighted by molar-refractivity contribution is 5.94. The minimum Gasteiger partial charge on any atom is -0.481 e. The molecule has 2 saturated heterocycles. The van der Waals surface area contributed by atoms with E-state index in [9.17, 15) is 27.9 Å². The molecule has 2 heterocycles. The number of hydrogen-bond acceptors (Lipinski definition) is 4. The quantitative estimate of drug-likeness (QED) is 0.755. The fraction of sp³-hybridized carbons (Fsp3) is 0.619. The molecular weight excluding hydrogens is 401 g/mol. The molecule has 2 atom stereocenters. The Morgan fingerprint density at radius 1 is 1.07 bits per heavy atom. The fourth-order valence-corrected chi connectivity index (χ4v) is 4.24. The van der Waals surface area contributed by atoms with Crippen LogP contribution in [0.4, 0.5) is 13.2 Å². The summed E-state index contributed by atoms with van der Waals surface area (Å²) in [6.07, 6.45) is -3.03. The number of nitrogens with zero attached hydrogens (tertiary/aromatic N) is 2. The maximum Gasteiger partial charge on any atom is 0.416 e. The molecule has 2 fully saturated rings. The molecule has 2 unspecified atom stereocenters. The average Bonchev–Trinajstić information content (AvgIpc) is 2.72. The van der Waals surface area contributed by atoms with Crippen molar-refractivity contribution >= 4 is 11.9 Å². The first kappa shape index (κ1) is 22.6. The molecule has 0 spiro atoms. The van der Waals surface area contributed by atoms with Gasteiger partial charge in [0.2, 0.25) is 0 Å². The second-order valence-corrected chi connectivity index (χ2v) is 7.98. The topological polar surface area (TPSA) is 70.1 Å². The monoisotopic (exact) mass is 428 g/mol. The van der Waals surface area contributed by atoms with Crippen molar-refractivity contribution in [2.75, 3.05) is 45.9 Å². The predicted octanol–water partition coefficient (Wildman–Crippen LogP) is 2.98. The van der Waals surface area contributed by atoms with E-state index in [0.717, 1.165) is 38.2 Å². The summed E-state index contributed by atoms with van der Waals surface area (Å²) in [5.41, 5.74) is -0.575. The number of carboxylic acid groups (broad SMARTS) is 1. The Hall–Kier alpha value is -2.13. The standard InChI is InChI=1S/C21H27F3N2O4/c22-21(23,24)18-3-1-15(2-4-18)20(29)26-8-6-16(13-19(27)28)17(14-26)5-7-25-9-11-30-12-10-25/h1-4,16-17H,5-14H2,(H,27,28). The molecule has 3 rings (SSSR count). The van der Waals surface area contributed by atoms with Crippen LogP contribution in [0.3, 0.4) is 0 Å². The van der Waals surface area contributed by atoms with Crippen molar-refractivity contribution in [3.05, 3.63) is 35.4 Å². The highest BCUT2D eigenvalue weighted by Crippen LogP contribution is 2.32. The van der Waals surface area contributed by atoms with Crippen molar-refractivity contribution in [3.8, 4) is 0 Å².